The van der Waals surface area contributed by atoms with E-state index in [0.29, 0.717) is 9.56 Å². The van der Waals surface area contributed by atoms with Gasteiger partial charge in [0.05, 0.1) is 0 Å². The van der Waals surface area contributed by atoms with Crippen molar-refractivity contribution in [2.45, 2.75) is 43.8 Å². The monoisotopic (exact) mass is 790 g/mol. The van der Waals surface area contributed by atoms with Gasteiger partial charge in [-0.2, -0.15) is 0 Å². The minimum absolute atomic E-state index is 0.00364. The summed E-state index contributed by atoms with van der Waals surface area (Å²) >= 11 is 0. The first-order chi connectivity index (χ1) is 29.1. The van der Waals surface area contributed by atoms with Gasteiger partial charge in [-0.25, -0.2) is 0 Å². The van der Waals surface area contributed by atoms with Crippen LogP contribution in [0.3, 0.4) is 0 Å². The molecule has 0 N–H and O–H groups in total. The minimum atomic E-state index is -6.81. The van der Waals surface area contributed by atoms with Crippen molar-refractivity contribution in [1.82, 2.24) is 0 Å². The fourth-order valence-corrected chi connectivity index (χ4v) is 139. The molecule has 10 fully saturated rings. The van der Waals surface area contributed by atoms with E-state index in [1.807, 2.05) is 0 Å². The summed E-state index contributed by atoms with van der Waals surface area (Å²) in [6.45, 7) is -6.81. The Morgan fingerprint density at radius 2 is 0.356 bits per heavy atom. The molecule has 0 bridgehead atoms. The molecule has 0 saturated carbocycles. The standard InChI is InChI=1S/2C29H21.Cr/c2*1-5-13-22(14-6-1)26-21-27(23-15-7-2-8-16-23)29(25-19-11-4-12-20-25)28(26)24-17-9-3-10-18-24;/h2*1-21H;. The molecule has 8 aromatic rings. The molecule has 18 rings (SSSR count). The van der Waals surface area contributed by atoms with Crippen molar-refractivity contribution < 1.29 is 6.65 Å². The van der Waals surface area contributed by atoms with Crippen LogP contribution in [0.4, 0.5) is 0 Å². The summed E-state index contributed by atoms with van der Waals surface area (Å²) in [7, 11) is 0. The van der Waals surface area contributed by atoms with Gasteiger partial charge in [-0.05, 0) is 0 Å². The molecule has 1 spiro atoms. The maximum absolute atomic E-state index is 6.81. The Hall–Kier alpha value is -5.71. The molecular formula is C58H42Cr. The number of fused-ring (bicyclic) bond motifs is 10. The van der Waals surface area contributed by atoms with E-state index < -0.39 is 6.65 Å². The number of rotatable bonds is 8. The zero-order valence-corrected chi connectivity index (χ0v) is 33.9. The molecule has 10 aliphatic rings. The molecule has 0 nitrogen and oxygen atoms in total. The summed E-state index contributed by atoms with van der Waals surface area (Å²) in [5, 5.41) is 0. The van der Waals surface area contributed by atoms with Crippen molar-refractivity contribution in [3.05, 3.63) is 287 Å². The molecule has 0 aromatic heterocycles. The number of hydrogen-bond donors (Lipinski definition) is 0. The van der Waals surface area contributed by atoms with Gasteiger partial charge in [-0.15, -0.1) is 0 Å². The van der Waals surface area contributed by atoms with E-state index in [2.05, 4.69) is 243 Å². The van der Waals surface area contributed by atoms with Gasteiger partial charge in [0.2, 0.25) is 0 Å². The van der Waals surface area contributed by atoms with Crippen molar-refractivity contribution in [2.75, 3.05) is 0 Å². The predicted octanol–water partition coefficient (Wildman–Crippen LogP) is 12.2. The SMILES string of the molecule is c1ccc([C]23[CH]4[C]5(c6ccccc6)[C]6(c7ccccc7)[C]2(c2ccccc2)[Cr]43562789[CH]3[C]2(c2ccccc2)[C]7(c2ccccc2)[C]8(c2ccccc2)[C]39c2ccccc2)cc1. The quantitative estimate of drug-likeness (QED) is 0.144. The molecule has 59 heavy (non-hydrogen) atoms. The molecule has 1 heteroatoms. The van der Waals surface area contributed by atoms with E-state index in [-0.39, 0.29) is 34.2 Å². The average Bonchev–Trinajstić information content (AvgIpc) is 4.30. The Morgan fingerprint density at radius 1 is 0.203 bits per heavy atom. The van der Waals surface area contributed by atoms with Crippen molar-refractivity contribution in [2.24, 2.45) is 0 Å². The Morgan fingerprint density at radius 3 is 0.525 bits per heavy atom. The maximum atomic E-state index is 2.65. The van der Waals surface area contributed by atoms with Crippen molar-refractivity contribution in [3.63, 3.8) is 0 Å². The summed E-state index contributed by atoms with van der Waals surface area (Å²) < 4.78 is 0.842. The molecule has 280 valence electrons. The fraction of sp³-hybridized carbons (Fsp3) is 0.172. The van der Waals surface area contributed by atoms with Crippen LogP contribution in [0.5, 0.6) is 0 Å². The van der Waals surface area contributed by atoms with Gasteiger partial charge < -0.3 is 0 Å². The molecule has 10 saturated heterocycles. The molecule has 0 aliphatic carbocycles. The molecular weight excluding hydrogens is 749 g/mol. The average molecular weight is 791 g/mol. The van der Waals surface area contributed by atoms with E-state index in [1.54, 1.807) is 44.5 Å². The number of benzene rings is 8. The second-order valence-corrected chi connectivity index (χ2v) is 46.8. The van der Waals surface area contributed by atoms with Gasteiger partial charge in [-0.1, -0.05) is 0 Å². The van der Waals surface area contributed by atoms with Crippen LogP contribution in [0.1, 0.15) is 44.5 Å². The molecule has 0 amide bonds. The topological polar surface area (TPSA) is 0 Å². The third kappa shape index (κ3) is 0.763. The van der Waals surface area contributed by atoms with Crippen LogP contribution in [-0.4, -0.2) is 0 Å². The molecule has 10 aliphatic heterocycles. The van der Waals surface area contributed by atoms with E-state index in [4.69, 9.17) is 0 Å². The first-order valence-corrected chi connectivity index (χ1v) is 28.6. The second-order valence-electron chi connectivity index (χ2n) is 22.2. The first-order valence-electron chi connectivity index (χ1n) is 22.0. The van der Waals surface area contributed by atoms with E-state index in [0.717, 1.165) is 0 Å². The van der Waals surface area contributed by atoms with E-state index in [1.165, 1.54) is 0 Å². The zero-order chi connectivity index (χ0) is 38.4. The first kappa shape index (κ1) is 29.5. The molecule has 8 atom stereocenters. The van der Waals surface area contributed by atoms with Gasteiger partial charge in [-0.3, -0.25) is 0 Å². The van der Waals surface area contributed by atoms with Crippen molar-refractivity contribution in [1.29, 1.82) is 0 Å². The van der Waals surface area contributed by atoms with Crippen LogP contribution in [0.15, 0.2) is 243 Å². The summed E-state index contributed by atoms with van der Waals surface area (Å²) in [6.07, 6.45) is 0. The van der Waals surface area contributed by atoms with Crippen LogP contribution < -0.4 is 0 Å². The summed E-state index contributed by atoms with van der Waals surface area (Å²) in [4.78, 5) is 0. The normalized spacial score (nSPS) is 51.1. The summed E-state index contributed by atoms with van der Waals surface area (Å²) in [5.41, 5.74) is 13.2. The predicted molar refractivity (Wildman–Crippen MR) is 232 cm³/mol. The van der Waals surface area contributed by atoms with Gasteiger partial charge in [0.1, 0.15) is 0 Å². The van der Waals surface area contributed by atoms with Crippen LogP contribution in [0.25, 0.3) is 0 Å². The van der Waals surface area contributed by atoms with Gasteiger partial charge in [0, 0.05) is 0 Å². The van der Waals surface area contributed by atoms with Gasteiger partial charge in [0.15, 0.2) is 0 Å². The Bertz CT molecular complexity index is 3190. The Balaban J connectivity index is 1.27. The summed E-state index contributed by atoms with van der Waals surface area (Å²) in [6, 6.07) is 99.1. The van der Waals surface area contributed by atoms with Crippen molar-refractivity contribution >= 4 is 0 Å². The molecule has 10 heterocycles. The van der Waals surface area contributed by atoms with E-state index in [9.17, 15) is 0 Å². The Kier molecular flexibility index (Phi) is 2.78. The molecule has 8 aromatic carbocycles. The van der Waals surface area contributed by atoms with Gasteiger partial charge >= 0.3 is 338 Å². The number of hydrogen-bond acceptors (Lipinski definition) is 0. The van der Waals surface area contributed by atoms with Crippen LogP contribution in [0, 0.1) is 0 Å². The second kappa shape index (κ2) is 5.56. The van der Waals surface area contributed by atoms with Crippen LogP contribution in [-0.2, 0) is 40.9 Å². The zero-order valence-electron chi connectivity index (χ0n) is 32.7. The third-order valence-corrected chi connectivity index (χ3v) is 79.7. The van der Waals surface area contributed by atoms with Crippen LogP contribution >= 0.6 is 0 Å². The third-order valence-electron chi connectivity index (χ3n) is 27.5. The van der Waals surface area contributed by atoms with Gasteiger partial charge in [0.25, 0.3) is 0 Å². The summed E-state index contributed by atoms with van der Waals surface area (Å²) in [5.74, 6) is 0. The van der Waals surface area contributed by atoms with Crippen LogP contribution in [0.2, 0.25) is 9.56 Å². The fourth-order valence-electron chi connectivity index (χ4n) is 34.2. The van der Waals surface area contributed by atoms with Crippen molar-refractivity contribution in [3.8, 4) is 0 Å². The van der Waals surface area contributed by atoms with E-state index >= 15 is 0 Å². The Labute approximate surface area is 335 Å². The molecule has 8 unspecified atom stereocenters. The molecule has 0 radical (unpaired) electrons.